The van der Waals surface area contributed by atoms with Gasteiger partial charge >= 0.3 is 0 Å². The summed E-state index contributed by atoms with van der Waals surface area (Å²) in [4.78, 5) is 4.02. The molecule has 2 aromatic rings. The quantitative estimate of drug-likeness (QED) is 0.809. The lowest BCUT2D eigenvalue weighted by atomic mass is 10.1. The molecule has 1 aromatic heterocycles. The second-order valence-corrected chi connectivity index (χ2v) is 4.25. The largest absolute Gasteiger partial charge is 0.346 e. The van der Waals surface area contributed by atoms with Crippen LogP contribution in [0.3, 0.4) is 0 Å². The Hall–Kier alpha value is -1.35. The SMILES string of the molecule is Cc1cc(C)cc(Nc2cncs2)c1. The van der Waals surface area contributed by atoms with E-state index in [0.717, 1.165) is 10.7 Å². The van der Waals surface area contributed by atoms with Crippen molar-refractivity contribution in [3.8, 4) is 0 Å². The van der Waals surface area contributed by atoms with Gasteiger partial charge in [-0.1, -0.05) is 6.07 Å². The maximum Gasteiger partial charge on any atom is 0.113 e. The van der Waals surface area contributed by atoms with Crippen molar-refractivity contribution in [2.24, 2.45) is 0 Å². The molecule has 1 N–H and O–H groups in total. The topological polar surface area (TPSA) is 24.9 Å². The first-order valence-electron chi connectivity index (χ1n) is 4.48. The fourth-order valence-corrected chi connectivity index (χ4v) is 2.00. The van der Waals surface area contributed by atoms with Gasteiger partial charge in [0.05, 0.1) is 11.7 Å². The number of aromatic nitrogens is 1. The fraction of sp³-hybridized carbons (Fsp3) is 0.182. The second kappa shape index (κ2) is 3.80. The molecule has 0 saturated heterocycles. The summed E-state index contributed by atoms with van der Waals surface area (Å²) in [5.74, 6) is 0. The minimum atomic E-state index is 1.08. The molecule has 0 amide bonds. The summed E-state index contributed by atoms with van der Waals surface area (Å²) >= 11 is 1.61. The Morgan fingerprint density at radius 1 is 1.14 bits per heavy atom. The molecule has 0 fully saturated rings. The van der Waals surface area contributed by atoms with E-state index < -0.39 is 0 Å². The van der Waals surface area contributed by atoms with Gasteiger partial charge in [0.15, 0.2) is 0 Å². The highest BCUT2D eigenvalue weighted by molar-refractivity contribution is 7.13. The Morgan fingerprint density at radius 3 is 2.43 bits per heavy atom. The van der Waals surface area contributed by atoms with Crippen LogP contribution in [-0.4, -0.2) is 4.98 Å². The molecule has 2 nitrogen and oxygen atoms in total. The van der Waals surface area contributed by atoms with E-state index in [-0.39, 0.29) is 0 Å². The molecule has 0 unspecified atom stereocenters. The summed E-state index contributed by atoms with van der Waals surface area (Å²) in [6, 6.07) is 6.43. The number of rotatable bonds is 2. The lowest BCUT2D eigenvalue weighted by Crippen LogP contribution is -1.89. The van der Waals surface area contributed by atoms with E-state index in [1.54, 1.807) is 11.3 Å². The summed E-state index contributed by atoms with van der Waals surface area (Å²) in [5, 5.41) is 4.40. The first-order chi connectivity index (χ1) is 6.74. The molecule has 0 bridgehead atoms. The Labute approximate surface area is 87.6 Å². The molecule has 0 saturated carbocycles. The van der Waals surface area contributed by atoms with Crippen molar-refractivity contribution in [1.82, 2.24) is 4.98 Å². The van der Waals surface area contributed by atoms with Crippen LogP contribution < -0.4 is 5.32 Å². The van der Waals surface area contributed by atoms with Crippen LogP contribution in [0, 0.1) is 13.8 Å². The van der Waals surface area contributed by atoms with Gasteiger partial charge in [-0.25, -0.2) is 0 Å². The lowest BCUT2D eigenvalue weighted by Gasteiger charge is -2.05. The number of nitrogens with zero attached hydrogens (tertiary/aromatic N) is 1. The normalized spacial score (nSPS) is 10.1. The highest BCUT2D eigenvalue weighted by atomic mass is 32.1. The molecule has 0 aliphatic carbocycles. The van der Waals surface area contributed by atoms with Gasteiger partial charge in [-0.3, -0.25) is 4.98 Å². The average molecular weight is 204 g/mol. The molecule has 0 spiro atoms. The molecule has 14 heavy (non-hydrogen) atoms. The third kappa shape index (κ3) is 2.12. The highest BCUT2D eigenvalue weighted by Gasteiger charge is 1.97. The molecular formula is C11H12N2S. The van der Waals surface area contributed by atoms with Crippen molar-refractivity contribution in [2.45, 2.75) is 13.8 Å². The second-order valence-electron chi connectivity index (χ2n) is 3.37. The minimum Gasteiger partial charge on any atom is -0.346 e. The van der Waals surface area contributed by atoms with Gasteiger partial charge in [0, 0.05) is 5.69 Å². The zero-order valence-electron chi connectivity index (χ0n) is 8.24. The predicted molar refractivity (Wildman–Crippen MR) is 61.3 cm³/mol. The van der Waals surface area contributed by atoms with E-state index in [1.807, 2.05) is 11.7 Å². The molecule has 2 rings (SSSR count). The van der Waals surface area contributed by atoms with Gasteiger partial charge < -0.3 is 5.32 Å². The number of benzene rings is 1. The van der Waals surface area contributed by atoms with Gasteiger partial charge in [-0.15, -0.1) is 11.3 Å². The molecule has 3 heteroatoms. The van der Waals surface area contributed by atoms with Crippen LogP contribution in [0.25, 0.3) is 0 Å². The monoisotopic (exact) mass is 204 g/mol. The van der Waals surface area contributed by atoms with Crippen LogP contribution >= 0.6 is 11.3 Å². The fourth-order valence-electron chi connectivity index (χ4n) is 1.47. The number of hydrogen-bond donors (Lipinski definition) is 1. The summed E-state index contributed by atoms with van der Waals surface area (Å²) in [6.07, 6.45) is 1.84. The summed E-state index contributed by atoms with van der Waals surface area (Å²) in [7, 11) is 0. The van der Waals surface area contributed by atoms with Gasteiger partial charge in [-0.2, -0.15) is 0 Å². The number of thiazole rings is 1. The summed E-state index contributed by atoms with van der Waals surface area (Å²) < 4.78 is 0. The van der Waals surface area contributed by atoms with Crippen LogP contribution in [0.1, 0.15) is 11.1 Å². The van der Waals surface area contributed by atoms with Gasteiger partial charge in [-0.05, 0) is 37.1 Å². The van der Waals surface area contributed by atoms with Gasteiger partial charge in [0.25, 0.3) is 0 Å². The van der Waals surface area contributed by atoms with Gasteiger partial charge in [0.1, 0.15) is 5.00 Å². The molecule has 0 aliphatic rings. The molecular weight excluding hydrogens is 192 g/mol. The zero-order valence-corrected chi connectivity index (χ0v) is 9.06. The molecule has 72 valence electrons. The first-order valence-corrected chi connectivity index (χ1v) is 5.36. The number of nitrogens with one attached hydrogen (secondary N) is 1. The third-order valence-corrected chi connectivity index (χ3v) is 2.61. The van der Waals surface area contributed by atoms with E-state index >= 15 is 0 Å². The average Bonchev–Trinajstić information content (AvgIpc) is 2.54. The molecule has 1 heterocycles. The van der Waals surface area contributed by atoms with Crippen LogP contribution in [0.5, 0.6) is 0 Å². The van der Waals surface area contributed by atoms with E-state index in [4.69, 9.17) is 0 Å². The van der Waals surface area contributed by atoms with Crippen molar-refractivity contribution >= 4 is 22.0 Å². The molecule has 0 radical (unpaired) electrons. The maximum atomic E-state index is 4.02. The van der Waals surface area contributed by atoms with Crippen molar-refractivity contribution < 1.29 is 0 Å². The summed E-state index contributed by atoms with van der Waals surface area (Å²) in [5.41, 5.74) is 5.51. The number of aryl methyl sites for hydroxylation is 2. The van der Waals surface area contributed by atoms with Crippen LogP contribution in [-0.2, 0) is 0 Å². The van der Waals surface area contributed by atoms with E-state index in [1.165, 1.54) is 11.1 Å². The Bertz CT molecular complexity index is 401. The van der Waals surface area contributed by atoms with Crippen molar-refractivity contribution in [1.29, 1.82) is 0 Å². The first kappa shape index (κ1) is 9.21. The van der Waals surface area contributed by atoms with Crippen molar-refractivity contribution in [2.75, 3.05) is 5.32 Å². The van der Waals surface area contributed by atoms with E-state index in [9.17, 15) is 0 Å². The predicted octanol–water partition coefficient (Wildman–Crippen LogP) is 3.50. The highest BCUT2D eigenvalue weighted by Crippen LogP contribution is 2.21. The van der Waals surface area contributed by atoms with Crippen LogP contribution in [0.15, 0.2) is 29.9 Å². The zero-order chi connectivity index (χ0) is 9.97. The van der Waals surface area contributed by atoms with E-state index in [0.29, 0.717) is 0 Å². The Kier molecular flexibility index (Phi) is 2.50. The van der Waals surface area contributed by atoms with Crippen LogP contribution in [0.4, 0.5) is 10.7 Å². The minimum absolute atomic E-state index is 1.08. The molecule has 1 aromatic carbocycles. The molecule has 0 aliphatic heterocycles. The van der Waals surface area contributed by atoms with Gasteiger partial charge in [0.2, 0.25) is 0 Å². The Morgan fingerprint density at radius 2 is 1.86 bits per heavy atom. The number of hydrogen-bond acceptors (Lipinski definition) is 3. The maximum absolute atomic E-state index is 4.02. The van der Waals surface area contributed by atoms with Crippen molar-refractivity contribution in [3.63, 3.8) is 0 Å². The standard InChI is InChI=1S/C11H12N2S/c1-8-3-9(2)5-10(4-8)13-11-6-12-7-14-11/h3-7,13H,1-2H3. The lowest BCUT2D eigenvalue weighted by molar-refractivity contribution is 1.37. The smallest absolute Gasteiger partial charge is 0.113 e. The summed E-state index contributed by atoms with van der Waals surface area (Å²) in [6.45, 7) is 4.20. The third-order valence-electron chi connectivity index (χ3n) is 1.92. The Balaban J connectivity index is 2.25. The van der Waals surface area contributed by atoms with Crippen molar-refractivity contribution in [3.05, 3.63) is 41.0 Å². The van der Waals surface area contributed by atoms with E-state index in [2.05, 4.69) is 42.3 Å². The number of anilines is 2. The molecule has 0 atom stereocenters. The van der Waals surface area contributed by atoms with Crippen LogP contribution in [0.2, 0.25) is 0 Å².